The number of alkyl halides is 3. The van der Waals surface area contributed by atoms with E-state index in [4.69, 9.17) is 4.74 Å². The van der Waals surface area contributed by atoms with Crippen molar-refractivity contribution in [3.63, 3.8) is 0 Å². The molecule has 2 atom stereocenters. The maximum Gasteiger partial charge on any atom is 0.415 e. The number of amides is 1. The van der Waals surface area contributed by atoms with Crippen LogP contribution in [0.4, 0.5) is 17.6 Å². The van der Waals surface area contributed by atoms with Crippen molar-refractivity contribution >= 4 is 5.91 Å². The van der Waals surface area contributed by atoms with Crippen molar-refractivity contribution in [2.75, 3.05) is 6.61 Å². The number of rotatable bonds is 5. The van der Waals surface area contributed by atoms with E-state index in [2.05, 4.69) is 0 Å². The Morgan fingerprint density at radius 1 is 1.29 bits per heavy atom. The van der Waals surface area contributed by atoms with Crippen LogP contribution in [-0.4, -0.2) is 24.8 Å². The van der Waals surface area contributed by atoms with Crippen molar-refractivity contribution < 1.29 is 27.1 Å². The second-order valence-electron chi connectivity index (χ2n) is 4.72. The lowest BCUT2D eigenvalue weighted by Gasteiger charge is -2.34. The van der Waals surface area contributed by atoms with Crippen LogP contribution >= 0.6 is 0 Å². The summed E-state index contributed by atoms with van der Waals surface area (Å²) in [4.78, 5) is 11.8. The van der Waals surface area contributed by atoms with Gasteiger partial charge < -0.3 is 10.1 Å². The lowest BCUT2D eigenvalue weighted by molar-refractivity contribution is -0.199. The minimum Gasteiger partial charge on any atom is -0.369 e. The van der Waals surface area contributed by atoms with E-state index in [0.717, 1.165) is 31.2 Å². The van der Waals surface area contributed by atoms with Crippen LogP contribution in [0.1, 0.15) is 26.3 Å². The van der Waals surface area contributed by atoms with Crippen LogP contribution in [-0.2, 0) is 15.1 Å². The Balaban J connectivity index is 3.11. The lowest BCUT2D eigenvalue weighted by atomic mass is 9.91. The van der Waals surface area contributed by atoms with Crippen LogP contribution in [0.5, 0.6) is 0 Å². The van der Waals surface area contributed by atoms with Gasteiger partial charge in [0, 0.05) is 6.61 Å². The van der Waals surface area contributed by atoms with Gasteiger partial charge in [0.15, 0.2) is 5.54 Å². The minimum absolute atomic E-state index is 0.202. The van der Waals surface area contributed by atoms with Gasteiger partial charge in [0.1, 0.15) is 11.9 Å². The standard InChI is InChI=1S/C14H17F4NO2/c1-4-21-9(2)12(20)19-13(3,14(16,17)18)10-5-7-11(15)8-6-10/h5-9H,4H2,1-3H3,(H,19,20)/t9-,13-/m1/s1. The number of hydrogen-bond donors (Lipinski definition) is 1. The second kappa shape index (κ2) is 6.43. The maximum absolute atomic E-state index is 13.4. The van der Waals surface area contributed by atoms with E-state index in [1.165, 1.54) is 6.92 Å². The molecular formula is C14H17F4NO2. The third-order valence-electron chi connectivity index (χ3n) is 3.15. The molecule has 0 unspecified atom stereocenters. The SMILES string of the molecule is CCO[C@H](C)C(=O)N[C@](C)(c1ccc(F)cc1)C(F)(F)F. The highest BCUT2D eigenvalue weighted by molar-refractivity contribution is 5.81. The molecule has 1 N–H and O–H groups in total. The molecule has 118 valence electrons. The number of carbonyl (C=O) groups is 1. The third-order valence-corrected chi connectivity index (χ3v) is 3.15. The zero-order chi connectivity index (χ0) is 16.3. The topological polar surface area (TPSA) is 38.3 Å². The van der Waals surface area contributed by atoms with Crippen molar-refractivity contribution in [3.8, 4) is 0 Å². The van der Waals surface area contributed by atoms with Gasteiger partial charge in [-0.25, -0.2) is 4.39 Å². The van der Waals surface area contributed by atoms with Crippen molar-refractivity contribution in [2.45, 2.75) is 38.6 Å². The first kappa shape index (κ1) is 17.4. The number of nitrogens with one attached hydrogen (secondary N) is 1. The van der Waals surface area contributed by atoms with Crippen LogP contribution in [0.25, 0.3) is 0 Å². The highest BCUT2D eigenvalue weighted by Gasteiger charge is 2.53. The molecule has 21 heavy (non-hydrogen) atoms. The van der Waals surface area contributed by atoms with Gasteiger partial charge in [-0.15, -0.1) is 0 Å². The zero-order valence-corrected chi connectivity index (χ0v) is 11.9. The number of carbonyl (C=O) groups excluding carboxylic acids is 1. The monoisotopic (exact) mass is 307 g/mol. The van der Waals surface area contributed by atoms with E-state index in [0.29, 0.717) is 0 Å². The van der Waals surface area contributed by atoms with E-state index in [1.54, 1.807) is 6.92 Å². The summed E-state index contributed by atoms with van der Waals surface area (Å²) in [7, 11) is 0. The third kappa shape index (κ3) is 3.93. The van der Waals surface area contributed by atoms with E-state index in [1.807, 2.05) is 5.32 Å². The zero-order valence-electron chi connectivity index (χ0n) is 11.9. The van der Waals surface area contributed by atoms with Crippen LogP contribution in [0.3, 0.4) is 0 Å². The molecule has 0 fully saturated rings. The van der Waals surface area contributed by atoms with Crippen molar-refractivity contribution in [1.82, 2.24) is 5.32 Å². The highest BCUT2D eigenvalue weighted by Crippen LogP contribution is 2.38. The fraction of sp³-hybridized carbons (Fsp3) is 0.500. The van der Waals surface area contributed by atoms with Crippen LogP contribution in [0.2, 0.25) is 0 Å². The molecule has 1 aromatic rings. The van der Waals surface area contributed by atoms with E-state index in [9.17, 15) is 22.4 Å². The second-order valence-corrected chi connectivity index (χ2v) is 4.72. The average molecular weight is 307 g/mol. The lowest BCUT2D eigenvalue weighted by Crippen LogP contribution is -2.56. The molecule has 0 radical (unpaired) electrons. The van der Waals surface area contributed by atoms with Gasteiger partial charge in [0.2, 0.25) is 5.91 Å². The maximum atomic E-state index is 13.4. The predicted molar refractivity (Wildman–Crippen MR) is 69.0 cm³/mol. The molecule has 0 saturated carbocycles. The summed E-state index contributed by atoms with van der Waals surface area (Å²) in [5.74, 6) is -1.54. The largest absolute Gasteiger partial charge is 0.415 e. The highest BCUT2D eigenvalue weighted by atomic mass is 19.4. The Morgan fingerprint density at radius 2 is 1.81 bits per heavy atom. The van der Waals surface area contributed by atoms with E-state index >= 15 is 0 Å². The van der Waals surface area contributed by atoms with Crippen molar-refractivity contribution in [2.24, 2.45) is 0 Å². The van der Waals surface area contributed by atoms with Crippen LogP contribution in [0, 0.1) is 5.82 Å². The van der Waals surface area contributed by atoms with Gasteiger partial charge in [-0.05, 0) is 38.5 Å². The molecular weight excluding hydrogens is 290 g/mol. The first-order chi connectivity index (χ1) is 9.61. The van der Waals surface area contributed by atoms with Gasteiger partial charge in [-0.2, -0.15) is 13.2 Å². The van der Waals surface area contributed by atoms with E-state index < -0.39 is 29.5 Å². The van der Waals surface area contributed by atoms with Crippen molar-refractivity contribution in [1.29, 1.82) is 0 Å². The Hall–Kier alpha value is -1.63. The number of hydrogen-bond acceptors (Lipinski definition) is 2. The van der Waals surface area contributed by atoms with Gasteiger partial charge in [0.25, 0.3) is 0 Å². The summed E-state index contributed by atoms with van der Waals surface area (Å²) in [5.41, 5.74) is -2.88. The molecule has 0 aliphatic rings. The summed E-state index contributed by atoms with van der Waals surface area (Å²) >= 11 is 0. The molecule has 1 rings (SSSR count). The molecule has 1 aromatic carbocycles. The van der Waals surface area contributed by atoms with Gasteiger partial charge in [-0.1, -0.05) is 12.1 Å². The number of benzene rings is 1. The molecule has 0 heterocycles. The Labute approximate surface area is 120 Å². The Kier molecular flexibility index (Phi) is 5.33. The molecule has 0 aromatic heterocycles. The number of halogens is 4. The summed E-state index contributed by atoms with van der Waals surface area (Å²) in [5, 5.41) is 1.94. The van der Waals surface area contributed by atoms with Gasteiger partial charge in [0.05, 0.1) is 0 Å². The molecule has 0 saturated heterocycles. The minimum atomic E-state index is -4.74. The number of ether oxygens (including phenoxy) is 1. The molecule has 0 spiro atoms. The molecule has 0 bridgehead atoms. The predicted octanol–water partition coefficient (Wildman–Crippen LogP) is 3.14. The first-order valence-corrected chi connectivity index (χ1v) is 6.38. The Bertz CT molecular complexity index is 487. The summed E-state index contributed by atoms with van der Waals surface area (Å²) in [6.45, 7) is 4.03. The normalized spacial score (nSPS) is 16.1. The molecule has 0 aliphatic carbocycles. The molecule has 1 amide bonds. The fourth-order valence-corrected chi connectivity index (χ4v) is 1.76. The first-order valence-electron chi connectivity index (χ1n) is 6.38. The average Bonchev–Trinajstić information content (AvgIpc) is 2.38. The fourth-order valence-electron chi connectivity index (χ4n) is 1.76. The van der Waals surface area contributed by atoms with Crippen LogP contribution < -0.4 is 5.32 Å². The molecule has 7 heteroatoms. The Morgan fingerprint density at radius 3 is 2.24 bits per heavy atom. The summed E-state index contributed by atoms with van der Waals surface area (Å²) in [6, 6.07) is 3.82. The molecule has 0 aliphatic heterocycles. The summed E-state index contributed by atoms with van der Waals surface area (Å²) < 4.78 is 57.9. The summed E-state index contributed by atoms with van der Waals surface area (Å²) in [6.07, 6.45) is -5.76. The van der Waals surface area contributed by atoms with Crippen LogP contribution in [0.15, 0.2) is 24.3 Å². The smallest absolute Gasteiger partial charge is 0.369 e. The van der Waals surface area contributed by atoms with E-state index in [-0.39, 0.29) is 12.2 Å². The van der Waals surface area contributed by atoms with Gasteiger partial charge >= 0.3 is 6.18 Å². The quantitative estimate of drug-likeness (QED) is 0.849. The molecule has 3 nitrogen and oxygen atoms in total. The van der Waals surface area contributed by atoms with Gasteiger partial charge in [-0.3, -0.25) is 4.79 Å². The van der Waals surface area contributed by atoms with Crippen molar-refractivity contribution in [3.05, 3.63) is 35.6 Å².